The van der Waals surface area contributed by atoms with Crippen LogP contribution in [-0.2, 0) is 4.79 Å². The Labute approximate surface area is 85.8 Å². The monoisotopic (exact) mass is 239 g/mol. The van der Waals surface area contributed by atoms with Crippen molar-refractivity contribution in [2.45, 2.75) is 6.92 Å². The van der Waals surface area contributed by atoms with E-state index in [0.717, 1.165) is 15.7 Å². The summed E-state index contributed by atoms with van der Waals surface area (Å²) in [5.41, 5.74) is 1.79. The third-order valence-corrected chi connectivity index (χ3v) is 2.20. The minimum atomic E-state index is -0.0768. The Hall–Kier alpha value is -1.09. The van der Waals surface area contributed by atoms with E-state index >= 15 is 0 Å². The van der Waals surface area contributed by atoms with E-state index in [2.05, 4.69) is 27.8 Å². The van der Waals surface area contributed by atoms with Gasteiger partial charge in [-0.15, -0.1) is 0 Å². The van der Waals surface area contributed by atoms with E-state index in [1.54, 1.807) is 6.08 Å². The lowest BCUT2D eigenvalue weighted by Crippen LogP contribution is -2.06. The predicted molar refractivity (Wildman–Crippen MR) is 58.5 cm³/mol. The molecule has 0 bridgehead atoms. The van der Waals surface area contributed by atoms with E-state index < -0.39 is 0 Å². The van der Waals surface area contributed by atoms with Crippen LogP contribution in [0.5, 0.6) is 0 Å². The molecular formula is C10H10BrNO. The van der Waals surface area contributed by atoms with Gasteiger partial charge in [0.2, 0.25) is 5.91 Å². The van der Waals surface area contributed by atoms with Crippen LogP contribution in [0.25, 0.3) is 6.08 Å². The van der Waals surface area contributed by atoms with Gasteiger partial charge in [0, 0.05) is 11.4 Å². The van der Waals surface area contributed by atoms with Crippen LogP contribution in [0, 0.1) is 0 Å². The number of carbonyl (C=O) groups is 1. The molecule has 1 aromatic rings. The van der Waals surface area contributed by atoms with Gasteiger partial charge in [0.15, 0.2) is 0 Å². The van der Waals surface area contributed by atoms with Gasteiger partial charge in [-0.1, -0.05) is 18.7 Å². The molecule has 0 aliphatic heterocycles. The number of hydrogen-bond acceptors (Lipinski definition) is 1. The average Bonchev–Trinajstić information content (AvgIpc) is 2.08. The van der Waals surface area contributed by atoms with Crippen molar-refractivity contribution in [1.82, 2.24) is 0 Å². The zero-order valence-electron chi connectivity index (χ0n) is 7.30. The Balaban J connectivity index is 2.98. The minimum absolute atomic E-state index is 0.0768. The summed E-state index contributed by atoms with van der Waals surface area (Å²) in [6, 6.07) is 5.63. The van der Waals surface area contributed by atoms with Crippen molar-refractivity contribution >= 4 is 33.6 Å². The lowest BCUT2D eigenvalue weighted by atomic mass is 10.2. The summed E-state index contributed by atoms with van der Waals surface area (Å²) >= 11 is 3.35. The van der Waals surface area contributed by atoms with Crippen LogP contribution < -0.4 is 5.32 Å². The van der Waals surface area contributed by atoms with Gasteiger partial charge in [-0.2, -0.15) is 0 Å². The smallest absolute Gasteiger partial charge is 0.221 e. The first kappa shape index (κ1) is 9.99. The van der Waals surface area contributed by atoms with Crippen LogP contribution in [-0.4, -0.2) is 5.91 Å². The predicted octanol–water partition coefficient (Wildman–Crippen LogP) is 3.05. The minimum Gasteiger partial charge on any atom is -0.325 e. The molecule has 0 saturated heterocycles. The van der Waals surface area contributed by atoms with E-state index in [-0.39, 0.29) is 5.91 Å². The lowest BCUT2D eigenvalue weighted by Gasteiger charge is -2.05. The van der Waals surface area contributed by atoms with Crippen molar-refractivity contribution < 1.29 is 4.79 Å². The molecule has 0 saturated carbocycles. The molecule has 1 amide bonds. The van der Waals surface area contributed by atoms with Crippen LogP contribution in [0.4, 0.5) is 5.69 Å². The van der Waals surface area contributed by atoms with Gasteiger partial charge in [-0.25, -0.2) is 0 Å². The highest BCUT2D eigenvalue weighted by molar-refractivity contribution is 9.10. The summed E-state index contributed by atoms with van der Waals surface area (Å²) in [7, 11) is 0. The molecule has 0 atom stereocenters. The van der Waals surface area contributed by atoms with Gasteiger partial charge in [0.1, 0.15) is 0 Å². The van der Waals surface area contributed by atoms with Gasteiger partial charge in [0.25, 0.3) is 0 Å². The molecule has 1 N–H and O–H groups in total. The maximum Gasteiger partial charge on any atom is 0.221 e. The molecule has 0 heterocycles. The van der Waals surface area contributed by atoms with Crippen molar-refractivity contribution in [1.29, 1.82) is 0 Å². The first-order chi connectivity index (χ1) is 6.13. The second-order valence-electron chi connectivity index (χ2n) is 2.62. The van der Waals surface area contributed by atoms with Gasteiger partial charge in [0.05, 0.1) is 5.69 Å². The topological polar surface area (TPSA) is 29.1 Å². The molecule has 0 unspecified atom stereocenters. The van der Waals surface area contributed by atoms with Crippen LogP contribution in [0.1, 0.15) is 12.5 Å². The van der Waals surface area contributed by atoms with E-state index in [4.69, 9.17) is 0 Å². The van der Waals surface area contributed by atoms with Crippen molar-refractivity contribution in [3.63, 3.8) is 0 Å². The van der Waals surface area contributed by atoms with Gasteiger partial charge in [-0.3, -0.25) is 4.79 Å². The third kappa shape index (κ3) is 2.70. The number of halogens is 1. The Kier molecular flexibility index (Phi) is 3.25. The van der Waals surface area contributed by atoms with Crippen molar-refractivity contribution in [2.24, 2.45) is 0 Å². The number of nitrogens with one attached hydrogen (secondary N) is 1. The number of anilines is 1. The second kappa shape index (κ2) is 4.23. The highest BCUT2D eigenvalue weighted by Gasteiger charge is 2.00. The van der Waals surface area contributed by atoms with Crippen LogP contribution in [0.15, 0.2) is 29.3 Å². The number of amides is 1. The van der Waals surface area contributed by atoms with Crippen molar-refractivity contribution in [3.8, 4) is 0 Å². The molecule has 0 fully saturated rings. The molecule has 3 heteroatoms. The average molecular weight is 240 g/mol. The zero-order chi connectivity index (χ0) is 9.84. The first-order valence-electron chi connectivity index (χ1n) is 3.83. The van der Waals surface area contributed by atoms with Crippen LogP contribution in [0.3, 0.4) is 0 Å². The number of hydrogen-bond donors (Lipinski definition) is 1. The van der Waals surface area contributed by atoms with Gasteiger partial charge in [-0.05, 0) is 33.6 Å². The van der Waals surface area contributed by atoms with E-state index in [1.165, 1.54) is 6.92 Å². The maximum atomic E-state index is 10.8. The van der Waals surface area contributed by atoms with Gasteiger partial charge >= 0.3 is 0 Å². The number of benzene rings is 1. The Bertz CT molecular complexity index is 347. The zero-order valence-corrected chi connectivity index (χ0v) is 8.89. The quantitative estimate of drug-likeness (QED) is 0.845. The van der Waals surface area contributed by atoms with Crippen LogP contribution >= 0.6 is 15.9 Å². The Morgan fingerprint density at radius 3 is 2.77 bits per heavy atom. The molecule has 0 aliphatic rings. The summed E-state index contributed by atoms with van der Waals surface area (Å²) < 4.78 is 0.861. The molecule has 13 heavy (non-hydrogen) atoms. The molecule has 0 aliphatic carbocycles. The molecule has 68 valence electrons. The molecular weight excluding hydrogens is 230 g/mol. The van der Waals surface area contributed by atoms with E-state index in [9.17, 15) is 4.79 Å². The summed E-state index contributed by atoms with van der Waals surface area (Å²) in [6.07, 6.45) is 1.75. The number of carbonyl (C=O) groups excluding carboxylic acids is 1. The normalized spacial score (nSPS) is 9.38. The molecule has 1 rings (SSSR count). The molecule has 2 nitrogen and oxygen atoms in total. The summed E-state index contributed by atoms with van der Waals surface area (Å²) in [5.74, 6) is -0.0768. The standard InChI is InChI=1S/C10H10BrNO/c1-3-8-4-5-10(9(11)6-8)12-7(2)13/h3-6H,1H2,2H3,(H,12,13). The Morgan fingerprint density at radius 2 is 2.31 bits per heavy atom. The Morgan fingerprint density at radius 1 is 1.62 bits per heavy atom. The van der Waals surface area contributed by atoms with Gasteiger partial charge < -0.3 is 5.32 Å². The second-order valence-corrected chi connectivity index (χ2v) is 3.48. The third-order valence-electron chi connectivity index (χ3n) is 1.54. The summed E-state index contributed by atoms with van der Waals surface area (Å²) in [6.45, 7) is 5.13. The molecule has 0 aromatic heterocycles. The van der Waals surface area contributed by atoms with Crippen molar-refractivity contribution in [2.75, 3.05) is 5.32 Å². The molecule has 1 aromatic carbocycles. The van der Waals surface area contributed by atoms with Crippen LogP contribution in [0.2, 0.25) is 0 Å². The fourth-order valence-electron chi connectivity index (χ4n) is 0.949. The highest BCUT2D eigenvalue weighted by Crippen LogP contribution is 2.23. The molecule has 0 spiro atoms. The first-order valence-corrected chi connectivity index (χ1v) is 4.62. The van der Waals surface area contributed by atoms with E-state index in [0.29, 0.717) is 0 Å². The van der Waals surface area contributed by atoms with E-state index in [1.807, 2.05) is 18.2 Å². The summed E-state index contributed by atoms with van der Waals surface area (Å²) in [5, 5.41) is 2.70. The maximum absolute atomic E-state index is 10.8. The fourth-order valence-corrected chi connectivity index (χ4v) is 1.44. The molecule has 0 radical (unpaired) electrons. The van der Waals surface area contributed by atoms with Crippen molar-refractivity contribution in [3.05, 3.63) is 34.8 Å². The highest BCUT2D eigenvalue weighted by atomic mass is 79.9. The fraction of sp³-hybridized carbons (Fsp3) is 0.100. The summed E-state index contributed by atoms with van der Waals surface area (Å²) in [4.78, 5) is 10.8. The SMILES string of the molecule is C=Cc1ccc(NC(C)=O)c(Br)c1. The lowest BCUT2D eigenvalue weighted by molar-refractivity contribution is -0.114. The largest absolute Gasteiger partial charge is 0.325 e. The number of rotatable bonds is 2.